The number of carboxylic acids is 1. The smallest absolute Gasteiger partial charge is 0.340 e. The first-order valence-electron chi connectivity index (χ1n) is 8.68. The molecule has 3 rings (SSSR count). The minimum Gasteiger partial charge on any atom is -0.545 e. The van der Waals surface area contributed by atoms with Gasteiger partial charge in [0, 0.05) is 12.3 Å². The fraction of sp³-hybridized carbons (Fsp3) is 0.350. The molecule has 1 fully saturated rings. The largest absolute Gasteiger partial charge is 0.545 e. The number of esters is 1. The van der Waals surface area contributed by atoms with E-state index in [0.29, 0.717) is 24.4 Å². The van der Waals surface area contributed by atoms with Crippen molar-refractivity contribution in [3.63, 3.8) is 0 Å². The normalized spacial score (nSPS) is 21.3. The van der Waals surface area contributed by atoms with Gasteiger partial charge in [0.25, 0.3) is 5.91 Å². The number of hydrogen-bond donors (Lipinski definition) is 0. The number of amides is 1. The van der Waals surface area contributed by atoms with E-state index in [2.05, 4.69) is 0 Å². The van der Waals surface area contributed by atoms with Gasteiger partial charge in [-0.05, 0) is 37.0 Å². The van der Waals surface area contributed by atoms with Crippen LogP contribution in [0.5, 0.6) is 0 Å². The van der Waals surface area contributed by atoms with Crippen LogP contribution in [0.15, 0.2) is 41.1 Å². The summed E-state index contributed by atoms with van der Waals surface area (Å²) in [6, 6.07) is 5.89. The van der Waals surface area contributed by atoms with Crippen molar-refractivity contribution in [2.45, 2.75) is 25.9 Å². The Balaban J connectivity index is 1.95. The minimum atomic E-state index is -1.28. The average molecular weight is 370 g/mol. The lowest BCUT2D eigenvalue weighted by Gasteiger charge is -2.21. The van der Waals surface area contributed by atoms with E-state index in [9.17, 15) is 19.5 Å². The number of carbonyl (C=O) groups is 3. The van der Waals surface area contributed by atoms with Gasteiger partial charge in [-0.25, -0.2) is 4.79 Å². The lowest BCUT2D eigenvalue weighted by atomic mass is 10.0. The van der Waals surface area contributed by atoms with Crippen LogP contribution in [0.4, 0.5) is 0 Å². The van der Waals surface area contributed by atoms with Crippen LogP contribution in [0.2, 0.25) is 0 Å². The van der Waals surface area contributed by atoms with Gasteiger partial charge in [-0.3, -0.25) is 4.79 Å². The Hall–Kier alpha value is -2.93. The molecule has 1 amide bonds. The van der Waals surface area contributed by atoms with Gasteiger partial charge in [-0.15, -0.1) is 0 Å². The molecule has 0 spiro atoms. The van der Waals surface area contributed by atoms with Gasteiger partial charge in [-0.1, -0.05) is 24.3 Å². The molecule has 1 saturated heterocycles. The van der Waals surface area contributed by atoms with Gasteiger partial charge in [-0.2, -0.15) is 0 Å². The summed E-state index contributed by atoms with van der Waals surface area (Å²) in [5, 5.41) is 10.9. The number of rotatable bonds is 5. The van der Waals surface area contributed by atoms with E-state index >= 15 is 0 Å². The predicted octanol–water partition coefficient (Wildman–Crippen LogP) is 0.902. The van der Waals surface area contributed by atoms with Gasteiger partial charge in [0.1, 0.15) is 0 Å². The van der Waals surface area contributed by atoms with Crippen molar-refractivity contribution < 1.29 is 29.0 Å². The molecule has 0 bridgehead atoms. The second kappa shape index (κ2) is 7.75. The zero-order chi connectivity index (χ0) is 19.6. The molecule has 7 nitrogen and oxygen atoms in total. The van der Waals surface area contributed by atoms with Gasteiger partial charge in [0.2, 0.25) is 0 Å². The third kappa shape index (κ3) is 3.78. The first-order valence-corrected chi connectivity index (χ1v) is 8.68. The summed E-state index contributed by atoms with van der Waals surface area (Å²) in [6.45, 7) is 2.76. The van der Waals surface area contributed by atoms with Crippen molar-refractivity contribution in [1.82, 2.24) is 4.90 Å². The number of benzene rings is 1. The number of carboxylic acid groups (broad SMARTS) is 1. The van der Waals surface area contributed by atoms with E-state index in [1.54, 1.807) is 30.0 Å². The Morgan fingerprint density at radius 1 is 1.33 bits per heavy atom. The highest BCUT2D eigenvalue weighted by Gasteiger charge is 2.38. The van der Waals surface area contributed by atoms with Crippen molar-refractivity contribution in [3.8, 4) is 0 Å². The molecule has 1 atom stereocenters. The summed E-state index contributed by atoms with van der Waals surface area (Å²) < 4.78 is 10.5. The number of carbonyl (C=O) groups excluding carboxylic acids is 3. The molecule has 1 aromatic rings. The van der Waals surface area contributed by atoms with Crippen LogP contribution in [0, 0.1) is 0 Å². The van der Waals surface area contributed by atoms with E-state index < -0.39 is 11.9 Å². The zero-order valence-corrected chi connectivity index (χ0v) is 15.2. The van der Waals surface area contributed by atoms with Crippen LogP contribution in [-0.4, -0.2) is 49.1 Å². The summed E-state index contributed by atoms with van der Waals surface area (Å²) >= 11 is 0. The van der Waals surface area contributed by atoms with Crippen LogP contribution in [0.3, 0.4) is 0 Å². The molecule has 2 aliphatic rings. The topological polar surface area (TPSA) is 96.0 Å². The number of nitrogens with zero attached hydrogens (tertiary/aromatic N) is 1. The Labute approximate surface area is 156 Å². The van der Waals surface area contributed by atoms with E-state index in [4.69, 9.17) is 9.47 Å². The number of methoxy groups -OCH3 is 1. The summed E-state index contributed by atoms with van der Waals surface area (Å²) in [4.78, 5) is 37.7. The minimum absolute atomic E-state index is 0.0369. The van der Waals surface area contributed by atoms with Gasteiger partial charge in [0.05, 0.1) is 36.9 Å². The lowest BCUT2D eigenvalue weighted by Crippen LogP contribution is -2.33. The molecule has 2 aliphatic heterocycles. The van der Waals surface area contributed by atoms with Gasteiger partial charge >= 0.3 is 5.97 Å². The number of aromatic carboxylic acids is 1. The third-order valence-corrected chi connectivity index (χ3v) is 4.77. The van der Waals surface area contributed by atoms with Crippen molar-refractivity contribution in [1.29, 1.82) is 0 Å². The average Bonchev–Trinajstić information content (AvgIpc) is 3.25. The quantitative estimate of drug-likeness (QED) is 0.564. The molecule has 0 N–H and O–H groups in total. The molecule has 0 radical (unpaired) electrons. The Morgan fingerprint density at radius 3 is 2.59 bits per heavy atom. The number of ether oxygens (including phenoxy) is 2. The van der Waals surface area contributed by atoms with E-state index in [1.807, 2.05) is 0 Å². The number of hydrogen-bond acceptors (Lipinski definition) is 6. The standard InChI is InChI=1S/C20H21NO6/c1-12-17(20(25)26-2)16(10-13-5-7-14(8-6-13)19(23)24)18(22)21(12)11-15-4-3-9-27-15/h5-8,10,15H,3-4,9,11H2,1-2H3,(H,23,24)/p-1/b16-10-/t15-/m0/s1. The van der Waals surface area contributed by atoms with Crippen molar-refractivity contribution >= 4 is 23.9 Å². The molecule has 0 saturated carbocycles. The van der Waals surface area contributed by atoms with Crippen LogP contribution in [0.1, 0.15) is 35.7 Å². The highest BCUT2D eigenvalue weighted by atomic mass is 16.5. The maximum absolute atomic E-state index is 13.0. The highest BCUT2D eigenvalue weighted by molar-refractivity contribution is 6.16. The van der Waals surface area contributed by atoms with E-state index in [-0.39, 0.29) is 28.7 Å². The van der Waals surface area contributed by atoms with Gasteiger partial charge < -0.3 is 24.3 Å². The molecule has 0 unspecified atom stereocenters. The maximum Gasteiger partial charge on any atom is 0.340 e. The molecular formula is C20H20NO6-. The molecule has 1 aromatic carbocycles. The second-order valence-electron chi connectivity index (χ2n) is 6.47. The SMILES string of the molecule is COC(=O)C1=C(C)N(C[C@@H]2CCCO2)C(=O)/C1=C\c1ccc(C(=O)[O-])cc1. The summed E-state index contributed by atoms with van der Waals surface area (Å²) in [5.74, 6) is -2.17. The lowest BCUT2D eigenvalue weighted by molar-refractivity contribution is -0.255. The molecular weight excluding hydrogens is 350 g/mol. The monoisotopic (exact) mass is 370 g/mol. The molecule has 7 heteroatoms. The molecule has 0 aromatic heterocycles. The maximum atomic E-state index is 13.0. The van der Waals surface area contributed by atoms with Crippen LogP contribution in [-0.2, 0) is 19.1 Å². The van der Waals surface area contributed by atoms with Gasteiger partial charge in [0.15, 0.2) is 0 Å². The summed E-state index contributed by atoms with van der Waals surface area (Å²) in [5.41, 5.74) is 1.59. The first-order chi connectivity index (χ1) is 12.9. The highest BCUT2D eigenvalue weighted by Crippen LogP contribution is 2.32. The molecule has 142 valence electrons. The fourth-order valence-corrected chi connectivity index (χ4v) is 3.32. The second-order valence-corrected chi connectivity index (χ2v) is 6.47. The Morgan fingerprint density at radius 2 is 2.04 bits per heavy atom. The van der Waals surface area contributed by atoms with E-state index in [1.165, 1.54) is 19.2 Å². The van der Waals surface area contributed by atoms with Crippen LogP contribution < -0.4 is 5.11 Å². The van der Waals surface area contributed by atoms with Crippen LogP contribution in [0.25, 0.3) is 6.08 Å². The summed E-state index contributed by atoms with van der Waals surface area (Å²) in [6.07, 6.45) is 3.33. The first kappa shape index (κ1) is 18.8. The molecule has 2 heterocycles. The zero-order valence-electron chi connectivity index (χ0n) is 15.2. The van der Waals surface area contributed by atoms with Crippen molar-refractivity contribution in [2.75, 3.05) is 20.3 Å². The number of allylic oxidation sites excluding steroid dienone is 1. The fourth-order valence-electron chi connectivity index (χ4n) is 3.32. The van der Waals surface area contributed by atoms with Crippen molar-refractivity contribution in [2.24, 2.45) is 0 Å². The third-order valence-electron chi connectivity index (χ3n) is 4.77. The van der Waals surface area contributed by atoms with Crippen LogP contribution >= 0.6 is 0 Å². The van der Waals surface area contributed by atoms with Crippen molar-refractivity contribution in [3.05, 3.63) is 52.2 Å². The van der Waals surface area contributed by atoms with E-state index in [0.717, 1.165) is 12.8 Å². The summed E-state index contributed by atoms with van der Waals surface area (Å²) in [7, 11) is 1.27. The predicted molar refractivity (Wildman–Crippen MR) is 94.2 cm³/mol. The Bertz CT molecular complexity index is 831. The molecule has 0 aliphatic carbocycles. The molecule has 27 heavy (non-hydrogen) atoms. The Kier molecular flexibility index (Phi) is 5.41.